The number of amides is 1. The van der Waals surface area contributed by atoms with Crippen LogP contribution in [0, 0.1) is 13.8 Å². The Morgan fingerprint density at radius 2 is 1.76 bits per heavy atom. The zero-order chi connectivity index (χ0) is 21.0. The lowest BCUT2D eigenvalue weighted by molar-refractivity contribution is -0.116. The lowest BCUT2D eigenvalue weighted by Gasteiger charge is -2.14. The monoisotopic (exact) mass is 432 g/mol. The van der Waals surface area contributed by atoms with E-state index in [1.54, 1.807) is 32.7 Å². The zero-order valence-corrected chi connectivity index (χ0v) is 18.8. The summed E-state index contributed by atoms with van der Waals surface area (Å²) >= 11 is 3.18. The maximum atomic E-state index is 12.4. The van der Waals surface area contributed by atoms with E-state index in [1.807, 2.05) is 17.5 Å². The second-order valence-corrected chi connectivity index (χ2v) is 8.77. The molecule has 0 saturated carbocycles. The number of nitrogens with one attached hydrogen (secondary N) is 1. The highest BCUT2D eigenvalue weighted by Gasteiger charge is 2.15. The van der Waals surface area contributed by atoms with Gasteiger partial charge in [0.05, 0.1) is 27.0 Å². The van der Waals surface area contributed by atoms with Gasteiger partial charge < -0.3 is 19.5 Å². The summed E-state index contributed by atoms with van der Waals surface area (Å²) in [6, 6.07) is 5.85. The number of carbonyl (C=O) groups excluding carboxylic acids is 1. The lowest BCUT2D eigenvalue weighted by Crippen LogP contribution is -2.12. The molecule has 0 saturated heterocycles. The SMILES string of the molecule is COc1cc(CCC(=O)Nc2nc(-c3cc(C)sc3C)cs2)cc(OC)c1OC. The number of anilines is 1. The summed E-state index contributed by atoms with van der Waals surface area (Å²) in [6.07, 6.45) is 0.869. The highest BCUT2D eigenvalue weighted by molar-refractivity contribution is 7.14. The van der Waals surface area contributed by atoms with Crippen LogP contribution in [0.1, 0.15) is 21.7 Å². The van der Waals surface area contributed by atoms with Crippen LogP contribution >= 0.6 is 22.7 Å². The molecule has 0 aliphatic heterocycles. The summed E-state index contributed by atoms with van der Waals surface area (Å²) in [4.78, 5) is 19.4. The highest BCUT2D eigenvalue weighted by atomic mass is 32.1. The minimum absolute atomic E-state index is 0.0853. The number of hydrogen-bond donors (Lipinski definition) is 1. The molecule has 2 heterocycles. The maximum Gasteiger partial charge on any atom is 0.226 e. The van der Waals surface area contributed by atoms with Crippen molar-refractivity contribution in [2.24, 2.45) is 0 Å². The van der Waals surface area contributed by atoms with Crippen molar-refractivity contribution in [1.29, 1.82) is 0 Å². The third-order valence-corrected chi connectivity index (χ3v) is 6.16. The first-order valence-corrected chi connectivity index (χ1v) is 10.8. The largest absolute Gasteiger partial charge is 0.493 e. The standard InChI is InChI=1S/C21H24N2O4S2/c1-12-8-15(13(2)29-12)16-11-28-21(22-16)23-19(24)7-6-14-9-17(25-3)20(27-5)18(10-14)26-4/h8-11H,6-7H2,1-5H3,(H,22,23,24). The summed E-state index contributed by atoms with van der Waals surface area (Å²) in [5, 5.41) is 5.48. The average Bonchev–Trinajstić information content (AvgIpc) is 3.30. The molecule has 154 valence electrons. The van der Waals surface area contributed by atoms with E-state index in [0.29, 0.717) is 35.2 Å². The molecular weight excluding hydrogens is 408 g/mol. The molecule has 2 aromatic heterocycles. The fourth-order valence-electron chi connectivity index (χ4n) is 3.06. The molecular formula is C21H24N2O4S2. The number of rotatable bonds is 8. The molecule has 0 aliphatic carbocycles. The van der Waals surface area contributed by atoms with Gasteiger partial charge in [-0.25, -0.2) is 4.98 Å². The Morgan fingerprint density at radius 1 is 1.07 bits per heavy atom. The van der Waals surface area contributed by atoms with Gasteiger partial charge >= 0.3 is 0 Å². The van der Waals surface area contributed by atoms with E-state index in [1.165, 1.54) is 21.1 Å². The van der Waals surface area contributed by atoms with E-state index < -0.39 is 0 Å². The van der Waals surface area contributed by atoms with Crippen LogP contribution in [0.5, 0.6) is 17.2 Å². The number of thiophene rings is 1. The van der Waals surface area contributed by atoms with Crippen LogP contribution in [0.2, 0.25) is 0 Å². The molecule has 0 spiro atoms. The molecule has 1 N–H and O–H groups in total. The van der Waals surface area contributed by atoms with E-state index >= 15 is 0 Å². The first kappa shape index (κ1) is 21.1. The number of ether oxygens (including phenoxy) is 3. The van der Waals surface area contributed by atoms with Crippen molar-refractivity contribution in [3.05, 3.63) is 38.9 Å². The summed E-state index contributed by atoms with van der Waals surface area (Å²) in [6.45, 7) is 4.17. The van der Waals surface area contributed by atoms with Crippen LogP contribution in [0.3, 0.4) is 0 Å². The minimum atomic E-state index is -0.0853. The van der Waals surface area contributed by atoms with Gasteiger partial charge in [0, 0.05) is 27.1 Å². The Balaban J connectivity index is 1.64. The van der Waals surface area contributed by atoms with Crippen LogP contribution in [0.4, 0.5) is 5.13 Å². The minimum Gasteiger partial charge on any atom is -0.493 e. The van der Waals surface area contributed by atoms with E-state index in [2.05, 4.69) is 30.2 Å². The first-order chi connectivity index (χ1) is 13.9. The molecule has 0 unspecified atom stereocenters. The molecule has 0 radical (unpaired) electrons. The number of nitrogens with zero attached hydrogens (tertiary/aromatic N) is 1. The third kappa shape index (κ3) is 4.89. The molecule has 0 bridgehead atoms. The Kier molecular flexibility index (Phi) is 6.76. The lowest BCUT2D eigenvalue weighted by atomic mass is 10.1. The van der Waals surface area contributed by atoms with Crippen molar-refractivity contribution in [3.8, 4) is 28.5 Å². The van der Waals surface area contributed by atoms with Gasteiger partial charge in [0.1, 0.15) is 0 Å². The van der Waals surface area contributed by atoms with E-state index in [0.717, 1.165) is 16.8 Å². The van der Waals surface area contributed by atoms with Gasteiger partial charge in [-0.3, -0.25) is 4.79 Å². The number of carbonyl (C=O) groups is 1. The normalized spacial score (nSPS) is 10.7. The molecule has 0 aliphatic rings. The number of hydrogen-bond acceptors (Lipinski definition) is 7. The predicted octanol–water partition coefficient (Wildman–Crippen LogP) is 5.09. The molecule has 8 heteroatoms. The number of methoxy groups -OCH3 is 3. The highest BCUT2D eigenvalue weighted by Crippen LogP contribution is 2.38. The molecule has 29 heavy (non-hydrogen) atoms. The van der Waals surface area contributed by atoms with E-state index in [4.69, 9.17) is 14.2 Å². The maximum absolute atomic E-state index is 12.4. The third-order valence-electron chi connectivity index (χ3n) is 4.43. The van der Waals surface area contributed by atoms with Gasteiger partial charge in [0.2, 0.25) is 11.7 Å². The Hall–Kier alpha value is -2.58. The van der Waals surface area contributed by atoms with E-state index in [-0.39, 0.29) is 5.91 Å². The van der Waals surface area contributed by atoms with Crippen molar-refractivity contribution >= 4 is 33.7 Å². The van der Waals surface area contributed by atoms with Gasteiger partial charge in [-0.05, 0) is 44.0 Å². The predicted molar refractivity (Wildman–Crippen MR) is 118 cm³/mol. The summed E-state index contributed by atoms with van der Waals surface area (Å²) in [5.41, 5.74) is 2.96. The van der Waals surface area contributed by atoms with Crippen molar-refractivity contribution in [1.82, 2.24) is 4.98 Å². The first-order valence-electron chi connectivity index (χ1n) is 9.06. The average molecular weight is 433 g/mol. The second kappa shape index (κ2) is 9.28. The van der Waals surface area contributed by atoms with Crippen LogP contribution in [-0.2, 0) is 11.2 Å². The summed E-state index contributed by atoms with van der Waals surface area (Å²) in [5.74, 6) is 1.61. The number of benzene rings is 1. The molecule has 0 fully saturated rings. The van der Waals surface area contributed by atoms with Crippen molar-refractivity contribution in [2.45, 2.75) is 26.7 Å². The molecule has 0 atom stereocenters. The second-order valence-electron chi connectivity index (χ2n) is 6.45. The Labute approximate surface area is 178 Å². The van der Waals surface area contributed by atoms with Gasteiger partial charge in [0.25, 0.3) is 0 Å². The van der Waals surface area contributed by atoms with Crippen molar-refractivity contribution in [3.63, 3.8) is 0 Å². The Morgan fingerprint density at radius 3 is 2.31 bits per heavy atom. The Bertz CT molecular complexity index is 985. The van der Waals surface area contributed by atoms with Gasteiger partial charge in [0.15, 0.2) is 16.6 Å². The molecule has 3 rings (SSSR count). The zero-order valence-electron chi connectivity index (χ0n) is 17.1. The van der Waals surface area contributed by atoms with Crippen molar-refractivity contribution < 1.29 is 19.0 Å². The number of aromatic nitrogens is 1. The van der Waals surface area contributed by atoms with Gasteiger partial charge in [-0.15, -0.1) is 22.7 Å². The van der Waals surface area contributed by atoms with Gasteiger partial charge in [-0.2, -0.15) is 0 Å². The quantitative estimate of drug-likeness (QED) is 0.537. The van der Waals surface area contributed by atoms with Crippen LogP contribution in [0.25, 0.3) is 11.3 Å². The fourth-order valence-corrected chi connectivity index (χ4v) is 4.72. The van der Waals surface area contributed by atoms with Crippen LogP contribution in [-0.4, -0.2) is 32.2 Å². The molecule has 1 amide bonds. The number of aryl methyl sites for hydroxylation is 3. The van der Waals surface area contributed by atoms with Crippen LogP contribution in [0.15, 0.2) is 23.6 Å². The molecule has 6 nitrogen and oxygen atoms in total. The van der Waals surface area contributed by atoms with E-state index in [9.17, 15) is 4.79 Å². The van der Waals surface area contributed by atoms with Crippen LogP contribution < -0.4 is 19.5 Å². The number of thiazole rings is 1. The fraction of sp³-hybridized carbons (Fsp3) is 0.333. The smallest absolute Gasteiger partial charge is 0.226 e. The topological polar surface area (TPSA) is 69.7 Å². The summed E-state index contributed by atoms with van der Waals surface area (Å²) < 4.78 is 16.1. The van der Waals surface area contributed by atoms with Crippen molar-refractivity contribution in [2.75, 3.05) is 26.6 Å². The van der Waals surface area contributed by atoms with Gasteiger partial charge in [-0.1, -0.05) is 0 Å². The molecule has 1 aromatic carbocycles. The molecule has 3 aromatic rings. The summed E-state index contributed by atoms with van der Waals surface area (Å²) in [7, 11) is 4.71.